The summed E-state index contributed by atoms with van der Waals surface area (Å²) in [7, 11) is 2.98. The lowest BCUT2D eigenvalue weighted by Gasteiger charge is -2.42. The van der Waals surface area contributed by atoms with Gasteiger partial charge in [-0.15, -0.1) is 11.3 Å². The van der Waals surface area contributed by atoms with Crippen molar-refractivity contribution in [1.29, 1.82) is 0 Å². The molecule has 3 aromatic rings. The number of aryl methyl sites for hydroxylation is 3. The van der Waals surface area contributed by atoms with E-state index in [0.29, 0.717) is 36.0 Å². The third kappa shape index (κ3) is 3.61. The van der Waals surface area contributed by atoms with Crippen molar-refractivity contribution in [3.05, 3.63) is 60.0 Å². The summed E-state index contributed by atoms with van der Waals surface area (Å²) in [5, 5.41) is 0.549. The van der Waals surface area contributed by atoms with Crippen LogP contribution in [0.2, 0.25) is 0 Å². The number of hydrogen-bond acceptors (Lipinski definition) is 6. The number of fused-ring (bicyclic) bond motifs is 1. The van der Waals surface area contributed by atoms with Gasteiger partial charge in [0.1, 0.15) is 10.6 Å². The van der Waals surface area contributed by atoms with Gasteiger partial charge < -0.3 is 9.47 Å². The van der Waals surface area contributed by atoms with Gasteiger partial charge in [-0.1, -0.05) is 18.2 Å². The molecule has 1 fully saturated rings. The molecule has 9 heteroatoms. The molecule has 2 heterocycles. The normalized spacial score (nSPS) is 20.2. The van der Waals surface area contributed by atoms with Gasteiger partial charge in [0.05, 0.1) is 28.8 Å². The number of esters is 1. The van der Waals surface area contributed by atoms with Crippen LogP contribution in [-0.4, -0.2) is 29.3 Å². The molecule has 2 aromatic heterocycles. The number of para-hydroxylation sites is 1. The van der Waals surface area contributed by atoms with Gasteiger partial charge in [0.2, 0.25) is 0 Å². The van der Waals surface area contributed by atoms with Gasteiger partial charge in [-0.2, -0.15) is 0 Å². The van der Waals surface area contributed by atoms with Crippen molar-refractivity contribution >= 4 is 43.5 Å². The number of hydrogen-bond donors (Lipinski definition) is 0. The first kappa shape index (κ1) is 22.8. The number of thiophene rings is 1. The van der Waals surface area contributed by atoms with Crippen LogP contribution >= 0.6 is 27.3 Å². The van der Waals surface area contributed by atoms with Crippen molar-refractivity contribution in [2.45, 2.75) is 45.7 Å². The van der Waals surface area contributed by atoms with E-state index in [1.54, 1.807) is 11.7 Å². The maximum Gasteiger partial charge on any atom is 0.332 e. The minimum Gasteiger partial charge on any atom is -0.496 e. The predicted molar refractivity (Wildman–Crippen MR) is 128 cm³/mol. The Morgan fingerprint density at radius 2 is 1.94 bits per heavy atom. The Kier molecular flexibility index (Phi) is 6.06. The molecule has 1 aromatic carbocycles. The van der Waals surface area contributed by atoms with Crippen LogP contribution < -0.4 is 16.0 Å². The zero-order chi connectivity index (χ0) is 23.2. The molecular formula is C23H25BrN2O5S. The number of carbonyl (C=O) groups excluding carboxylic acids is 1. The van der Waals surface area contributed by atoms with E-state index in [2.05, 4.69) is 15.9 Å². The Bertz CT molecular complexity index is 1320. The lowest BCUT2D eigenvalue weighted by Crippen LogP contribution is -2.51. The fourth-order valence-electron chi connectivity index (χ4n) is 4.57. The smallest absolute Gasteiger partial charge is 0.332 e. The Morgan fingerprint density at radius 3 is 2.59 bits per heavy atom. The second-order valence-electron chi connectivity index (χ2n) is 8.47. The van der Waals surface area contributed by atoms with E-state index in [9.17, 15) is 14.4 Å². The molecule has 32 heavy (non-hydrogen) atoms. The second-order valence-corrected chi connectivity index (χ2v) is 10.8. The summed E-state index contributed by atoms with van der Waals surface area (Å²) in [4.78, 5) is 39.7. The highest BCUT2D eigenvalue weighted by atomic mass is 79.9. The van der Waals surface area contributed by atoms with Crippen molar-refractivity contribution in [1.82, 2.24) is 9.13 Å². The van der Waals surface area contributed by atoms with Gasteiger partial charge >= 0.3 is 11.7 Å². The monoisotopic (exact) mass is 520 g/mol. The van der Waals surface area contributed by atoms with Crippen LogP contribution in [-0.2, 0) is 22.5 Å². The molecule has 0 spiro atoms. The molecule has 1 saturated carbocycles. The number of carbonyl (C=O) groups is 1. The predicted octanol–water partition coefficient (Wildman–Crippen LogP) is 4.06. The van der Waals surface area contributed by atoms with E-state index >= 15 is 0 Å². The quantitative estimate of drug-likeness (QED) is 0.458. The maximum absolute atomic E-state index is 13.6. The highest BCUT2D eigenvalue weighted by Crippen LogP contribution is 2.48. The van der Waals surface area contributed by atoms with Gasteiger partial charge in [-0.3, -0.25) is 18.7 Å². The Balaban J connectivity index is 1.79. The average Bonchev–Trinajstić information content (AvgIpc) is 3.06. The van der Waals surface area contributed by atoms with Crippen LogP contribution in [0, 0.1) is 12.3 Å². The first-order chi connectivity index (χ1) is 15.2. The summed E-state index contributed by atoms with van der Waals surface area (Å²) >= 11 is 4.93. The molecule has 4 rings (SSSR count). The van der Waals surface area contributed by atoms with E-state index in [1.807, 2.05) is 38.1 Å². The van der Waals surface area contributed by atoms with Crippen LogP contribution in [0.15, 0.2) is 37.6 Å². The number of nitrogens with zero attached hydrogens (tertiary/aromatic N) is 2. The van der Waals surface area contributed by atoms with Crippen LogP contribution in [0.1, 0.15) is 36.9 Å². The molecule has 1 aliphatic carbocycles. The number of methoxy groups -OCH3 is 2. The molecule has 0 unspecified atom stereocenters. The molecule has 170 valence electrons. The molecule has 0 aliphatic heterocycles. The number of ether oxygens (including phenoxy) is 2. The summed E-state index contributed by atoms with van der Waals surface area (Å²) < 4.78 is 14.2. The molecule has 1 aliphatic rings. The SMILES string of the molecule is COC(=O)C1(C)CC(n2c(=O)c3c(C)c(Br)sc3n(CCc3ccccc3OC)c2=O)C1. The van der Waals surface area contributed by atoms with Gasteiger partial charge in [0.15, 0.2) is 0 Å². The molecule has 0 bridgehead atoms. The third-order valence-corrected chi connectivity index (χ3v) is 8.58. The first-order valence-electron chi connectivity index (χ1n) is 10.4. The lowest BCUT2D eigenvalue weighted by atomic mass is 9.66. The summed E-state index contributed by atoms with van der Waals surface area (Å²) in [6.07, 6.45) is 1.38. The standard InChI is InChI=1S/C23H25BrN2O5S/c1-13-17-19(27)26(15-11-23(2,12-15)21(28)31-4)22(29)25(20(17)32-18(13)24)10-9-14-7-5-6-8-16(14)30-3/h5-8,15H,9-12H2,1-4H3. The van der Waals surface area contributed by atoms with Crippen LogP contribution in [0.25, 0.3) is 10.2 Å². The highest BCUT2D eigenvalue weighted by molar-refractivity contribution is 9.11. The summed E-state index contributed by atoms with van der Waals surface area (Å²) in [6, 6.07) is 7.37. The summed E-state index contributed by atoms with van der Waals surface area (Å²) in [5.41, 5.74) is 0.497. The zero-order valence-electron chi connectivity index (χ0n) is 18.4. The number of benzene rings is 1. The Morgan fingerprint density at radius 1 is 1.25 bits per heavy atom. The number of aromatic nitrogens is 2. The van der Waals surface area contributed by atoms with E-state index in [4.69, 9.17) is 9.47 Å². The van der Waals surface area contributed by atoms with Gasteiger partial charge in [-0.25, -0.2) is 4.79 Å². The molecule has 0 atom stereocenters. The van der Waals surface area contributed by atoms with Crippen molar-refractivity contribution in [2.24, 2.45) is 5.41 Å². The molecule has 0 N–H and O–H groups in total. The fraction of sp³-hybridized carbons (Fsp3) is 0.435. The Labute approximate surface area is 197 Å². The Hall–Kier alpha value is -2.39. The van der Waals surface area contributed by atoms with E-state index in [0.717, 1.165) is 20.7 Å². The van der Waals surface area contributed by atoms with Crippen molar-refractivity contribution in [2.75, 3.05) is 14.2 Å². The topological polar surface area (TPSA) is 79.5 Å². The van der Waals surface area contributed by atoms with Crippen molar-refractivity contribution < 1.29 is 14.3 Å². The third-order valence-electron chi connectivity index (χ3n) is 6.40. The highest BCUT2D eigenvalue weighted by Gasteiger charge is 2.49. The number of rotatable bonds is 6. The maximum atomic E-state index is 13.6. The van der Waals surface area contributed by atoms with Gasteiger partial charge in [0, 0.05) is 12.6 Å². The lowest BCUT2D eigenvalue weighted by molar-refractivity contribution is -0.159. The van der Waals surface area contributed by atoms with Crippen molar-refractivity contribution in [3.8, 4) is 5.75 Å². The van der Waals surface area contributed by atoms with Crippen molar-refractivity contribution in [3.63, 3.8) is 0 Å². The molecule has 0 radical (unpaired) electrons. The second kappa shape index (κ2) is 8.51. The largest absolute Gasteiger partial charge is 0.496 e. The van der Waals surface area contributed by atoms with Crippen LogP contribution in [0.5, 0.6) is 5.75 Å². The van der Waals surface area contributed by atoms with E-state index < -0.39 is 5.41 Å². The molecular weight excluding hydrogens is 496 g/mol. The first-order valence-corrected chi connectivity index (χ1v) is 12.0. The van der Waals surface area contributed by atoms with Crippen LogP contribution in [0.3, 0.4) is 0 Å². The van der Waals surface area contributed by atoms with E-state index in [1.165, 1.54) is 23.0 Å². The van der Waals surface area contributed by atoms with E-state index in [-0.39, 0.29) is 23.3 Å². The minimum absolute atomic E-state index is 0.296. The fourth-order valence-corrected chi connectivity index (χ4v) is 6.28. The molecule has 0 saturated heterocycles. The average molecular weight is 521 g/mol. The molecule has 7 nitrogen and oxygen atoms in total. The van der Waals surface area contributed by atoms with Crippen LogP contribution in [0.4, 0.5) is 0 Å². The molecule has 0 amide bonds. The summed E-state index contributed by atoms with van der Waals surface area (Å²) in [5.74, 6) is 0.454. The summed E-state index contributed by atoms with van der Waals surface area (Å²) in [6.45, 7) is 4.10. The van der Waals surface area contributed by atoms with Gasteiger partial charge in [-0.05, 0) is 66.2 Å². The minimum atomic E-state index is -0.674. The van der Waals surface area contributed by atoms with Gasteiger partial charge in [0.25, 0.3) is 5.56 Å². The number of halogens is 1. The zero-order valence-corrected chi connectivity index (χ0v) is 20.8.